The Hall–Kier alpha value is -1.47. The van der Waals surface area contributed by atoms with Crippen LogP contribution >= 0.6 is 24.0 Å². The number of hydrogen-bond donors (Lipinski definition) is 3. The molecule has 0 fully saturated rings. The summed E-state index contributed by atoms with van der Waals surface area (Å²) in [5.41, 5.74) is 6.98. The number of alkyl carbamates (subject to hydrolysis) is 1. The van der Waals surface area contributed by atoms with E-state index >= 15 is 0 Å². The average Bonchev–Trinajstić information content (AvgIpc) is 2.31. The summed E-state index contributed by atoms with van der Waals surface area (Å²) >= 11 is 6.52. The Morgan fingerprint density at radius 2 is 2.24 bits per heavy atom. The smallest absolute Gasteiger partial charge is 0.413 e. The summed E-state index contributed by atoms with van der Waals surface area (Å²) in [7, 11) is 1.26. The Kier molecular flexibility index (Phi) is 5.05. The molecule has 17 heavy (non-hydrogen) atoms. The molecule has 0 aliphatic carbocycles. The summed E-state index contributed by atoms with van der Waals surface area (Å²) in [6.07, 6.45) is 1.34. The number of nitrogen functional groups attached to an aromatic ring is 1. The molecule has 5 nitrogen and oxygen atoms in total. The van der Waals surface area contributed by atoms with Crippen molar-refractivity contribution in [1.29, 1.82) is 0 Å². The van der Waals surface area contributed by atoms with E-state index in [-0.39, 0.29) is 5.11 Å². The van der Waals surface area contributed by atoms with E-state index in [9.17, 15) is 4.79 Å². The Morgan fingerprint density at radius 3 is 2.82 bits per heavy atom. The van der Waals surface area contributed by atoms with Crippen LogP contribution < -0.4 is 16.4 Å². The molecule has 0 saturated heterocycles. The van der Waals surface area contributed by atoms with Gasteiger partial charge in [-0.25, -0.2) is 4.79 Å². The van der Waals surface area contributed by atoms with Crippen LogP contribution in [0.5, 0.6) is 0 Å². The summed E-state index contributed by atoms with van der Waals surface area (Å²) < 4.78 is 4.42. The normalized spacial score (nSPS) is 9.53. The van der Waals surface area contributed by atoms with Gasteiger partial charge in [0.2, 0.25) is 0 Å². The first-order valence-corrected chi connectivity index (χ1v) is 6.29. The lowest BCUT2D eigenvalue weighted by molar-refractivity contribution is 0.177. The number of nitrogens with two attached hydrogens (primary N) is 1. The highest BCUT2D eigenvalue weighted by molar-refractivity contribution is 7.98. The molecule has 1 aromatic carbocycles. The van der Waals surface area contributed by atoms with Crippen LogP contribution in [-0.2, 0) is 4.74 Å². The van der Waals surface area contributed by atoms with Gasteiger partial charge >= 0.3 is 6.09 Å². The van der Waals surface area contributed by atoms with Crippen molar-refractivity contribution in [3.05, 3.63) is 18.2 Å². The molecule has 0 spiro atoms. The van der Waals surface area contributed by atoms with Gasteiger partial charge in [0.05, 0.1) is 18.5 Å². The van der Waals surface area contributed by atoms with E-state index in [1.165, 1.54) is 7.11 Å². The van der Waals surface area contributed by atoms with E-state index < -0.39 is 6.09 Å². The van der Waals surface area contributed by atoms with Crippen LogP contribution in [0.1, 0.15) is 0 Å². The number of ether oxygens (including phenoxy) is 1. The van der Waals surface area contributed by atoms with Gasteiger partial charge in [-0.2, -0.15) is 0 Å². The molecule has 0 aromatic heterocycles. The fourth-order valence-electron chi connectivity index (χ4n) is 1.07. The summed E-state index contributed by atoms with van der Waals surface area (Å²) in [4.78, 5) is 12.0. The van der Waals surface area contributed by atoms with E-state index in [0.717, 1.165) is 4.90 Å². The molecule has 0 atom stereocenters. The van der Waals surface area contributed by atoms with E-state index in [0.29, 0.717) is 11.4 Å². The van der Waals surface area contributed by atoms with Crippen molar-refractivity contribution >= 4 is 46.6 Å². The number of anilines is 2. The lowest BCUT2D eigenvalue weighted by Gasteiger charge is -2.11. The molecule has 1 rings (SSSR count). The number of benzene rings is 1. The van der Waals surface area contributed by atoms with Gasteiger partial charge in [0, 0.05) is 4.90 Å². The Morgan fingerprint density at radius 1 is 1.53 bits per heavy atom. The second-order valence-electron chi connectivity index (χ2n) is 3.02. The number of nitrogens with one attached hydrogen (secondary N) is 2. The molecule has 0 saturated carbocycles. The monoisotopic (exact) mass is 271 g/mol. The maximum atomic E-state index is 10.9. The largest absolute Gasteiger partial charge is 0.453 e. The van der Waals surface area contributed by atoms with Crippen molar-refractivity contribution in [1.82, 2.24) is 5.32 Å². The second-order valence-corrected chi connectivity index (χ2v) is 4.31. The highest BCUT2D eigenvalue weighted by Gasteiger charge is 2.06. The third kappa shape index (κ3) is 4.12. The maximum Gasteiger partial charge on any atom is 0.413 e. The van der Waals surface area contributed by atoms with Crippen LogP contribution in [0.3, 0.4) is 0 Å². The van der Waals surface area contributed by atoms with Crippen LogP contribution in [-0.4, -0.2) is 24.6 Å². The third-order valence-electron chi connectivity index (χ3n) is 1.91. The lowest BCUT2D eigenvalue weighted by atomic mass is 10.3. The summed E-state index contributed by atoms with van der Waals surface area (Å²) in [6, 6.07) is 5.53. The van der Waals surface area contributed by atoms with Crippen LogP contribution in [0.4, 0.5) is 16.2 Å². The first-order chi connectivity index (χ1) is 8.06. The molecule has 92 valence electrons. The van der Waals surface area contributed by atoms with E-state index in [4.69, 9.17) is 18.0 Å². The number of carbonyl (C=O) groups excluding carboxylic acids is 1. The van der Waals surface area contributed by atoms with Crippen molar-refractivity contribution in [3.8, 4) is 0 Å². The molecule has 0 radical (unpaired) electrons. The van der Waals surface area contributed by atoms with Crippen LogP contribution in [0, 0.1) is 0 Å². The Balaban J connectivity index is 2.73. The van der Waals surface area contributed by atoms with Crippen molar-refractivity contribution in [2.75, 3.05) is 24.4 Å². The fourth-order valence-corrected chi connectivity index (χ4v) is 1.70. The van der Waals surface area contributed by atoms with Gasteiger partial charge in [0.15, 0.2) is 5.11 Å². The number of methoxy groups -OCH3 is 1. The Labute approximate surface area is 109 Å². The molecule has 1 aromatic rings. The summed E-state index contributed by atoms with van der Waals surface area (Å²) in [5.74, 6) is 0. The zero-order valence-electron chi connectivity index (χ0n) is 9.44. The molecule has 4 N–H and O–H groups in total. The SMILES string of the molecule is COC(=O)NC(=S)Nc1cc(SC)ccc1N. The fraction of sp³-hybridized carbons (Fsp3) is 0.200. The third-order valence-corrected chi connectivity index (χ3v) is 2.84. The molecule has 0 bridgehead atoms. The number of amides is 1. The highest BCUT2D eigenvalue weighted by atomic mass is 32.2. The molecule has 1 amide bonds. The minimum absolute atomic E-state index is 0.141. The highest BCUT2D eigenvalue weighted by Crippen LogP contribution is 2.24. The standard InChI is InChI=1S/C10H13N3O2S2/c1-15-10(14)13-9(16)12-8-5-6(17-2)3-4-7(8)11/h3-5H,11H2,1-2H3,(H2,12,13,14,16). The van der Waals surface area contributed by atoms with Crippen LogP contribution in [0.15, 0.2) is 23.1 Å². The topological polar surface area (TPSA) is 76.4 Å². The number of hydrogen-bond acceptors (Lipinski definition) is 5. The van der Waals surface area contributed by atoms with Crippen LogP contribution in [0.25, 0.3) is 0 Å². The number of carbonyl (C=O) groups is 1. The predicted octanol–water partition coefficient (Wildman–Crippen LogP) is 2.04. The molecule has 0 heterocycles. The molecular weight excluding hydrogens is 258 g/mol. The molecular formula is C10H13N3O2S2. The zero-order valence-corrected chi connectivity index (χ0v) is 11.1. The van der Waals surface area contributed by atoms with Gasteiger partial charge < -0.3 is 15.8 Å². The van der Waals surface area contributed by atoms with Gasteiger partial charge in [-0.15, -0.1) is 11.8 Å². The maximum absolute atomic E-state index is 10.9. The molecule has 0 unspecified atom stereocenters. The van der Waals surface area contributed by atoms with Crippen molar-refractivity contribution in [2.24, 2.45) is 0 Å². The minimum atomic E-state index is -0.623. The van der Waals surface area contributed by atoms with Crippen molar-refractivity contribution < 1.29 is 9.53 Å². The lowest BCUT2D eigenvalue weighted by Crippen LogP contribution is -2.34. The van der Waals surface area contributed by atoms with Crippen molar-refractivity contribution in [3.63, 3.8) is 0 Å². The summed E-state index contributed by atoms with van der Waals surface area (Å²) in [6.45, 7) is 0. The van der Waals surface area contributed by atoms with E-state index in [1.54, 1.807) is 17.8 Å². The number of rotatable bonds is 2. The average molecular weight is 271 g/mol. The Bertz CT molecular complexity index is 438. The van der Waals surface area contributed by atoms with Gasteiger partial charge in [-0.3, -0.25) is 5.32 Å². The molecule has 0 aliphatic rings. The van der Waals surface area contributed by atoms with E-state index in [2.05, 4.69) is 15.4 Å². The van der Waals surface area contributed by atoms with Gasteiger partial charge in [0.25, 0.3) is 0 Å². The predicted molar refractivity (Wildman–Crippen MR) is 74.4 cm³/mol. The first-order valence-electron chi connectivity index (χ1n) is 4.66. The molecule has 0 aliphatic heterocycles. The van der Waals surface area contributed by atoms with Crippen molar-refractivity contribution in [2.45, 2.75) is 4.90 Å². The van der Waals surface area contributed by atoms with Gasteiger partial charge in [-0.1, -0.05) is 0 Å². The first kappa shape index (κ1) is 13.6. The molecule has 7 heteroatoms. The zero-order chi connectivity index (χ0) is 12.8. The quantitative estimate of drug-likeness (QED) is 0.434. The van der Waals surface area contributed by atoms with Crippen LogP contribution in [0.2, 0.25) is 0 Å². The van der Waals surface area contributed by atoms with E-state index in [1.807, 2.05) is 18.4 Å². The minimum Gasteiger partial charge on any atom is -0.453 e. The second kappa shape index (κ2) is 6.31. The van der Waals surface area contributed by atoms with Gasteiger partial charge in [0.1, 0.15) is 0 Å². The number of thioether (sulfide) groups is 1. The van der Waals surface area contributed by atoms with Gasteiger partial charge in [-0.05, 0) is 36.7 Å². The summed E-state index contributed by atoms with van der Waals surface area (Å²) in [5, 5.41) is 5.31. The number of thiocarbonyl (C=S) groups is 1.